The van der Waals surface area contributed by atoms with Crippen LogP contribution in [-0.2, 0) is 16.6 Å². The number of nitrogens with one attached hydrogen (secondary N) is 1. The third-order valence-electron chi connectivity index (χ3n) is 2.92. The van der Waals surface area contributed by atoms with Gasteiger partial charge in [-0.2, -0.15) is 0 Å². The van der Waals surface area contributed by atoms with Gasteiger partial charge >= 0.3 is 0 Å². The number of aliphatic hydroxyl groups excluding tert-OH is 1. The van der Waals surface area contributed by atoms with Gasteiger partial charge in [-0.25, -0.2) is 13.1 Å². The van der Waals surface area contributed by atoms with E-state index in [0.29, 0.717) is 11.4 Å². The van der Waals surface area contributed by atoms with Crippen LogP contribution in [-0.4, -0.2) is 44.1 Å². The van der Waals surface area contributed by atoms with Crippen molar-refractivity contribution in [1.82, 2.24) is 9.62 Å². The minimum atomic E-state index is -3.55. The number of likely N-dealkylation sites (N-methyl/N-ethyl adjacent to an activating group) is 1. The molecule has 0 fully saturated rings. The molecule has 0 saturated heterocycles. The second-order valence-corrected chi connectivity index (χ2v) is 7.06. The molecule has 0 saturated carbocycles. The fourth-order valence-electron chi connectivity index (χ4n) is 1.92. The summed E-state index contributed by atoms with van der Waals surface area (Å²) in [6, 6.07) is 1.36. The lowest BCUT2D eigenvalue weighted by atomic mass is 10.3. The maximum Gasteiger partial charge on any atom is 0.242 e. The molecule has 7 heteroatoms. The van der Waals surface area contributed by atoms with E-state index in [2.05, 4.69) is 9.62 Å². The first-order valence-corrected chi connectivity index (χ1v) is 8.72. The summed E-state index contributed by atoms with van der Waals surface area (Å²) in [6.07, 6.45) is 0. The van der Waals surface area contributed by atoms with Crippen molar-refractivity contribution < 1.29 is 13.5 Å². The average Bonchev–Trinajstić information content (AvgIpc) is 2.84. The highest BCUT2D eigenvalue weighted by molar-refractivity contribution is 7.89. The standard InChI is InChI=1S/C12H22N2O3S2/c1-4-14(5-2)8-10(3)13-19(16,17)12-6-7-18-11(12)9-15/h6-7,10,13,15H,4-5,8-9H2,1-3H3. The Bertz CT molecular complexity index is 481. The van der Waals surface area contributed by atoms with E-state index < -0.39 is 10.0 Å². The third kappa shape index (κ3) is 4.54. The van der Waals surface area contributed by atoms with Crippen LogP contribution < -0.4 is 4.72 Å². The maximum absolute atomic E-state index is 12.2. The Morgan fingerprint density at radius 2 is 2.05 bits per heavy atom. The largest absolute Gasteiger partial charge is 0.391 e. The van der Waals surface area contributed by atoms with Crippen molar-refractivity contribution in [3.8, 4) is 0 Å². The summed E-state index contributed by atoms with van der Waals surface area (Å²) < 4.78 is 27.1. The summed E-state index contributed by atoms with van der Waals surface area (Å²) in [5, 5.41) is 10.8. The lowest BCUT2D eigenvalue weighted by molar-refractivity contribution is 0.280. The van der Waals surface area contributed by atoms with Gasteiger partial charge in [-0.3, -0.25) is 0 Å². The number of hydrogen-bond acceptors (Lipinski definition) is 5. The first-order chi connectivity index (χ1) is 8.94. The molecule has 1 unspecified atom stereocenters. The zero-order valence-corrected chi connectivity index (χ0v) is 13.2. The van der Waals surface area contributed by atoms with Crippen LogP contribution in [0.3, 0.4) is 0 Å². The maximum atomic E-state index is 12.2. The summed E-state index contributed by atoms with van der Waals surface area (Å²) in [4.78, 5) is 2.82. The van der Waals surface area contributed by atoms with Gasteiger partial charge in [0.05, 0.1) is 11.5 Å². The van der Waals surface area contributed by atoms with E-state index in [4.69, 9.17) is 5.11 Å². The van der Waals surface area contributed by atoms with Gasteiger partial charge in [-0.05, 0) is 31.5 Å². The number of rotatable bonds is 8. The van der Waals surface area contributed by atoms with Gasteiger partial charge in [0.1, 0.15) is 0 Å². The molecule has 0 aliphatic heterocycles. The summed E-state index contributed by atoms with van der Waals surface area (Å²) in [7, 11) is -3.55. The molecule has 1 atom stereocenters. The van der Waals surface area contributed by atoms with Crippen LogP contribution in [0.1, 0.15) is 25.6 Å². The topological polar surface area (TPSA) is 69.6 Å². The first kappa shape index (κ1) is 16.6. The van der Waals surface area contributed by atoms with E-state index in [0.717, 1.165) is 13.1 Å². The van der Waals surface area contributed by atoms with E-state index in [1.165, 1.54) is 17.4 Å². The van der Waals surface area contributed by atoms with Crippen LogP contribution in [0.25, 0.3) is 0 Å². The average molecular weight is 306 g/mol. The van der Waals surface area contributed by atoms with Crippen LogP contribution in [0.2, 0.25) is 0 Å². The Balaban J connectivity index is 2.75. The molecule has 0 amide bonds. The smallest absolute Gasteiger partial charge is 0.242 e. The Morgan fingerprint density at radius 3 is 2.58 bits per heavy atom. The lowest BCUT2D eigenvalue weighted by Crippen LogP contribution is -2.41. The van der Waals surface area contributed by atoms with Crippen molar-refractivity contribution in [3.05, 3.63) is 16.3 Å². The minimum absolute atomic E-state index is 0.170. The van der Waals surface area contributed by atoms with E-state index in [1.807, 2.05) is 20.8 Å². The molecule has 1 heterocycles. The van der Waals surface area contributed by atoms with Crippen molar-refractivity contribution in [2.75, 3.05) is 19.6 Å². The van der Waals surface area contributed by atoms with E-state index in [-0.39, 0.29) is 17.5 Å². The summed E-state index contributed by atoms with van der Waals surface area (Å²) in [5.74, 6) is 0. The molecule has 1 aromatic heterocycles. The van der Waals surface area contributed by atoms with Gasteiger partial charge in [-0.1, -0.05) is 13.8 Å². The molecular weight excluding hydrogens is 284 g/mol. The quantitative estimate of drug-likeness (QED) is 0.758. The Kier molecular flexibility index (Phi) is 6.41. The van der Waals surface area contributed by atoms with E-state index in [1.54, 1.807) is 5.38 Å². The van der Waals surface area contributed by atoms with Crippen molar-refractivity contribution >= 4 is 21.4 Å². The number of sulfonamides is 1. The van der Waals surface area contributed by atoms with Gasteiger partial charge in [0, 0.05) is 17.5 Å². The Morgan fingerprint density at radius 1 is 1.42 bits per heavy atom. The molecule has 19 heavy (non-hydrogen) atoms. The van der Waals surface area contributed by atoms with Crippen LogP contribution in [0.4, 0.5) is 0 Å². The van der Waals surface area contributed by atoms with Gasteiger partial charge in [0.25, 0.3) is 0 Å². The third-order valence-corrected chi connectivity index (χ3v) is 5.63. The molecule has 0 aliphatic carbocycles. The van der Waals surface area contributed by atoms with Crippen LogP contribution in [0, 0.1) is 0 Å². The van der Waals surface area contributed by atoms with Crippen molar-refractivity contribution in [3.63, 3.8) is 0 Å². The predicted molar refractivity (Wildman–Crippen MR) is 77.8 cm³/mol. The molecule has 2 N–H and O–H groups in total. The fraction of sp³-hybridized carbons (Fsp3) is 0.667. The van der Waals surface area contributed by atoms with Crippen LogP contribution >= 0.6 is 11.3 Å². The molecule has 1 rings (SSSR count). The van der Waals surface area contributed by atoms with Gasteiger partial charge in [-0.15, -0.1) is 11.3 Å². The fourth-order valence-corrected chi connectivity index (χ4v) is 4.45. The highest BCUT2D eigenvalue weighted by Gasteiger charge is 2.22. The summed E-state index contributed by atoms with van der Waals surface area (Å²) in [6.45, 7) is 8.15. The zero-order chi connectivity index (χ0) is 14.5. The number of thiophene rings is 1. The lowest BCUT2D eigenvalue weighted by Gasteiger charge is -2.23. The van der Waals surface area contributed by atoms with E-state index >= 15 is 0 Å². The normalized spacial score (nSPS) is 13.9. The SMILES string of the molecule is CCN(CC)CC(C)NS(=O)(=O)c1ccsc1CO. The molecule has 0 aliphatic rings. The van der Waals surface area contributed by atoms with Gasteiger partial charge < -0.3 is 10.0 Å². The second kappa shape index (κ2) is 7.35. The zero-order valence-electron chi connectivity index (χ0n) is 11.6. The number of aliphatic hydroxyl groups is 1. The monoisotopic (exact) mass is 306 g/mol. The number of hydrogen-bond donors (Lipinski definition) is 2. The summed E-state index contributed by atoms with van der Waals surface area (Å²) >= 11 is 1.25. The van der Waals surface area contributed by atoms with Crippen molar-refractivity contribution in [2.24, 2.45) is 0 Å². The molecule has 0 spiro atoms. The van der Waals surface area contributed by atoms with Crippen LogP contribution in [0.15, 0.2) is 16.3 Å². The molecule has 110 valence electrons. The predicted octanol–water partition coefficient (Wildman–Crippen LogP) is 1.25. The van der Waals surface area contributed by atoms with E-state index in [9.17, 15) is 8.42 Å². The summed E-state index contributed by atoms with van der Waals surface area (Å²) in [5.41, 5.74) is 0. The van der Waals surface area contributed by atoms with Crippen molar-refractivity contribution in [1.29, 1.82) is 0 Å². The Labute approximate surface area is 119 Å². The highest BCUT2D eigenvalue weighted by atomic mass is 32.2. The highest BCUT2D eigenvalue weighted by Crippen LogP contribution is 2.21. The number of nitrogens with zero attached hydrogens (tertiary/aromatic N) is 1. The first-order valence-electron chi connectivity index (χ1n) is 6.36. The molecule has 0 aromatic carbocycles. The van der Waals surface area contributed by atoms with Gasteiger partial charge in [0.2, 0.25) is 10.0 Å². The molecular formula is C12H22N2O3S2. The molecule has 0 bridgehead atoms. The second-order valence-electron chi connectivity index (χ2n) is 4.37. The molecule has 5 nitrogen and oxygen atoms in total. The van der Waals surface area contributed by atoms with Crippen molar-refractivity contribution in [2.45, 2.75) is 38.3 Å². The van der Waals surface area contributed by atoms with Gasteiger partial charge in [0.15, 0.2) is 0 Å². The Hall–Kier alpha value is -0.470. The molecule has 1 aromatic rings. The molecule has 0 radical (unpaired) electrons. The minimum Gasteiger partial charge on any atom is -0.391 e. The van der Waals surface area contributed by atoms with Crippen LogP contribution in [0.5, 0.6) is 0 Å².